The fourth-order valence-corrected chi connectivity index (χ4v) is 3.09. The van der Waals surface area contributed by atoms with E-state index in [4.69, 9.17) is 0 Å². The van der Waals surface area contributed by atoms with Crippen LogP contribution >= 0.6 is 0 Å². The molecule has 1 aromatic carbocycles. The van der Waals surface area contributed by atoms with E-state index in [0.717, 1.165) is 37.1 Å². The molecule has 5 heteroatoms. The predicted molar refractivity (Wildman–Crippen MR) is 100 cm³/mol. The zero-order valence-electron chi connectivity index (χ0n) is 15.0. The molecule has 1 atom stereocenters. The van der Waals surface area contributed by atoms with Gasteiger partial charge in [0.15, 0.2) is 0 Å². The third-order valence-electron chi connectivity index (χ3n) is 4.50. The van der Waals surface area contributed by atoms with Crippen LogP contribution in [0.4, 0.5) is 5.95 Å². The first kappa shape index (κ1) is 17.4. The van der Waals surface area contributed by atoms with Crippen molar-refractivity contribution in [2.24, 2.45) is 11.8 Å². The summed E-state index contributed by atoms with van der Waals surface area (Å²) in [5, 5.41) is 3.05. The highest BCUT2D eigenvalue weighted by Gasteiger charge is 2.27. The molecule has 25 heavy (non-hydrogen) atoms. The number of anilines is 1. The van der Waals surface area contributed by atoms with Gasteiger partial charge in [-0.1, -0.05) is 44.2 Å². The average molecular weight is 338 g/mol. The van der Waals surface area contributed by atoms with E-state index in [1.54, 1.807) is 0 Å². The second-order valence-electron chi connectivity index (χ2n) is 7.06. The van der Waals surface area contributed by atoms with E-state index in [2.05, 4.69) is 34.0 Å². The van der Waals surface area contributed by atoms with Crippen LogP contribution in [0.15, 0.2) is 42.7 Å². The first-order valence-electron chi connectivity index (χ1n) is 9.03. The molecule has 1 fully saturated rings. The number of nitrogens with one attached hydrogen (secondary N) is 1. The summed E-state index contributed by atoms with van der Waals surface area (Å²) in [6.45, 7) is 6.54. The van der Waals surface area contributed by atoms with E-state index in [1.165, 1.54) is 0 Å². The molecule has 3 rings (SSSR count). The Balaban J connectivity index is 1.64. The van der Waals surface area contributed by atoms with Gasteiger partial charge < -0.3 is 10.2 Å². The van der Waals surface area contributed by atoms with Gasteiger partial charge in [0.2, 0.25) is 11.9 Å². The molecule has 1 amide bonds. The number of rotatable bonds is 5. The summed E-state index contributed by atoms with van der Waals surface area (Å²) in [7, 11) is 0. The fourth-order valence-electron chi connectivity index (χ4n) is 3.09. The van der Waals surface area contributed by atoms with E-state index < -0.39 is 0 Å². The molecule has 0 saturated carbocycles. The minimum absolute atomic E-state index is 0.0184. The monoisotopic (exact) mass is 338 g/mol. The van der Waals surface area contributed by atoms with E-state index in [1.807, 2.05) is 42.7 Å². The lowest BCUT2D eigenvalue weighted by Gasteiger charge is -2.32. The largest absolute Gasteiger partial charge is 0.356 e. The average Bonchev–Trinajstić information content (AvgIpc) is 2.67. The van der Waals surface area contributed by atoms with Crippen LogP contribution < -0.4 is 10.2 Å². The number of aromatic nitrogens is 2. The summed E-state index contributed by atoms with van der Waals surface area (Å²) in [4.78, 5) is 23.5. The third kappa shape index (κ3) is 4.56. The summed E-state index contributed by atoms with van der Waals surface area (Å²) in [6, 6.07) is 10.1. The Hall–Kier alpha value is -2.43. The second kappa shape index (κ2) is 8.10. The molecule has 0 radical (unpaired) electrons. The van der Waals surface area contributed by atoms with Gasteiger partial charge in [-0.05, 0) is 24.3 Å². The van der Waals surface area contributed by atoms with Gasteiger partial charge >= 0.3 is 0 Å². The standard InChI is InChI=1S/C20H26N4O/c1-15(2)11-21-19(25)17-9-6-10-24(14-17)20-22-12-18(13-23-20)16-7-4-3-5-8-16/h3-5,7-8,12-13,15,17H,6,9-11,14H2,1-2H3,(H,21,25)/t17-/m0/s1. The number of hydrogen-bond donors (Lipinski definition) is 1. The molecule has 0 bridgehead atoms. The van der Waals surface area contributed by atoms with Crippen molar-refractivity contribution in [1.29, 1.82) is 0 Å². The molecule has 1 aliphatic rings. The number of piperidine rings is 1. The van der Waals surface area contributed by atoms with Crippen LogP contribution in [0.1, 0.15) is 26.7 Å². The highest BCUT2D eigenvalue weighted by molar-refractivity contribution is 5.79. The number of carbonyl (C=O) groups is 1. The normalized spacial score (nSPS) is 17.6. The Morgan fingerprint density at radius 3 is 2.60 bits per heavy atom. The zero-order chi connectivity index (χ0) is 17.6. The Morgan fingerprint density at radius 2 is 1.92 bits per heavy atom. The van der Waals surface area contributed by atoms with Crippen LogP contribution in [-0.2, 0) is 4.79 Å². The van der Waals surface area contributed by atoms with Crippen LogP contribution in [0.5, 0.6) is 0 Å². The SMILES string of the molecule is CC(C)CNC(=O)[C@H]1CCCN(c2ncc(-c3ccccc3)cn2)C1. The van der Waals surface area contributed by atoms with Crippen molar-refractivity contribution in [3.63, 3.8) is 0 Å². The molecule has 1 aromatic heterocycles. The molecule has 132 valence electrons. The first-order chi connectivity index (χ1) is 12.1. The van der Waals surface area contributed by atoms with Crippen LogP contribution in [0.2, 0.25) is 0 Å². The van der Waals surface area contributed by atoms with Gasteiger partial charge in [-0.25, -0.2) is 9.97 Å². The molecular weight excluding hydrogens is 312 g/mol. The Morgan fingerprint density at radius 1 is 1.20 bits per heavy atom. The van der Waals surface area contributed by atoms with Crippen LogP contribution in [0.25, 0.3) is 11.1 Å². The number of benzene rings is 1. The summed E-state index contributed by atoms with van der Waals surface area (Å²) in [5.41, 5.74) is 2.12. The fraction of sp³-hybridized carbons (Fsp3) is 0.450. The molecule has 0 unspecified atom stereocenters. The third-order valence-corrected chi connectivity index (χ3v) is 4.50. The summed E-state index contributed by atoms with van der Waals surface area (Å²) in [6.07, 6.45) is 5.65. The van der Waals surface area contributed by atoms with Crippen molar-refractivity contribution in [2.75, 3.05) is 24.5 Å². The van der Waals surface area contributed by atoms with E-state index >= 15 is 0 Å². The smallest absolute Gasteiger partial charge is 0.225 e. The van der Waals surface area contributed by atoms with Gasteiger partial charge in [-0.3, -0.25) is 4.79 Å². The zero-order valence-corrected chi connectivity index (χ0v) is 15.0. The van der Waals surface area contributed by atoms with E-state index in [9.17, 15) is 4.79 Å². The van der Waals surface area contributed by atoms with Crippen molar-refractivity contribution in [1.82, 2.24) is 15.3 Å². The number of hydrogen-bond acceptors (Lipinski definition) is 4. The number of carbonyl (C=O) groups excluding carboxylic acids is 1. The Labute approximate surface area is 149 Å². The maximum atomic E-state index is 12.3. The van der Waals surface area contributed by atoms with Gasteiger partial charge in [0.25, 0.3) is 0 Å². The first-order valence-corrected chi connectivity index (χ1v) is 9.03. The Bertz CT molecular complexity index is 685. The topological polar surface area (TPSA) is 58.1 Å². The highest BCUT2D eigenvalue weighted by Crippen LogP contribution is 2.22. The lowest BCUT2D eigenvalue weighted by molar-refractivity contribution is -0.125. The van der Waals surface area contributed by atoms with Crippen LogP contribution in [0, 0.1) is 11.8 Å². The Kier molecular flexibility index (Phi) is 5.64. The van der Waals surface area contributed by atoms with E-state index in [-0.39, 0.29) is 11.8 Å². The second-order valence-corrected chi connectivity index (χ2v) is 7.06. The molecular formula is C20H26N4O. The van der Waals surface area contributed by atoms with Crippen molar-refractivity contribution >= 4 is 11.9 Å². The number of amides is 1. The molecule has 1 aliphatic heterocycles. The van der Waals surface area contributed by atoms with Gasteiger partial charge in [-0.15, -0.1) is 0 Å². The molecule has 0 aliphatic carbocycles. The maximum absolute atomic E-state index is 12.3. The molecule has 0 spiro atoms. The van der Waals surface area contributed by atoms with Crippen molar-refractivity contribution < 1.29 is 4.79 Å². The molecule has 5 nitrogen and oxygen atoms in total. The minimum Gasteiger partial charge on any atom is -0.356 e. The molecule has 1 N–H and O–H groups in total. The van der Waals surface area contributed by atoms with Crippen molar-refractivity contribution in [2.45, 2.75) is 26.7 Å². The van der Waals surface area contributed by atoms with Crippen molar-refractivity contribution in [3.05, 3.63) is 42.7 Å². The minimum atomic E-state index is 0.0184. The van der Waals surface area contributed by atoms with Gasteiger partial charge in [0.05, 0.1) is 5.92 Å². The van der Waals surface area contributed by atoms with Crippen LogP contribution in [0.3, 0.4) is 0 Å². The molecule has 2 heterocycles. The maximum Gasteiger partial charge on any atom is 0.225 e. The molecule has 2 aromatic rings. The predicted octanol–water partition coefficient (Wildman–Crippen LogP) is 3.13. The van der Waals surface area contributed by atoms with Gasteiger partial charge in [0, 0.05) is 37.6 Å². The summed E-state index contributed by atoms with van der Waals surface area (Å²) in [5.74, 6) is 1.35. The quantitative estimate of drug-likeness (QED) is 0.910. The summed E-state index contributed by atoms with van der Waals surface area (Å²) < 4.78 is 0. The highest BCUT2D eigenvalue weighted by atomic mass is 16.1. The van der Waals surface area contributed by atoms with E-state index in [0.29, 0.717) is 18.4 Å². The lowest BCUT2D eigenvalue weighted by Crippen LogP contribution is -2.44. The van der Waals surface area contributed by atoms with Crippen molar-refractivity contribution in [3.8, 4) is 11.1 Å². The van der Waals surface area contributed by atoms with Gasteiger partial charge in [-0.2, -0.15) is 0 Å². The lowest BCUT2D eigenvalue weighted by atomic mass is 9.97. The number of nitrogens with zero attached hydrogens (tertiary/aromatic N) is 3. The summed E-state index contributed by atoms with van der Waals surface area (Å²) >= 11 is 0. The van der Waals surface area contributed by atoms with Gasteiger partial charge in [0.1, 0.15) is 0 Å². The van der Waals surface area contributed by atoms with Crippen LogP contribution in [-0.4, -0.2) is 35.5 Å². The molecule has 1 saturated heterocycles.